The maximum atomic E-state index is 5.64. The minimum atomic E-state index is 0.325. The fourth-order valence-corrected chi connectivity index (χ4v) is 2.36. The van der Waals surface area contributed by atoms with E-state index in [0.717, 1.165) is 11.4 Å². The van der Waals surface area contributed by atoms with E-state index < -0.39 is 0 Å². The largest absolute Gasteiger partial charge is 0.486 e. The predicted octanol–water partition coefficient (Wildman–Crippen LogP) is 2.07. The Morgan fingerprint density at radius 3 is 2.83 bits per heavy atom. The minimum Gasteiger partial charge on any atom is -0.486 e. The molecule has 3 aromatic rings. The van der Waals surface area contributed by atoms with Crippen molar-refractivity contribution in [2.24, 2.45) is 0 Å². The van der Waals surface area contributed by atoms with Gasteiger partial charge < -0.3 is 14.2 Å². The SMILES string of the molecule is c1ccc(OCc2ncn(Cc3ccc4c(n3)OCCO4)n2)cc1. The van der Waals surface area contributed by atoms with Gasteiger partial charge in [-0.05, 0) is 24.3 Å². The van der Waals surface area contributed by atoms with Crippen LogP contribution in [-0.2, 0) is 13.2 Å². The number of ether oxygens (including phenoxy) is 3. The Hall–Kier alpha value is -3.09. The molecule has 1 aromatic carbocycles. The number of fused-ring (bicyclic) bond motifs is 1. The van der Waals surface area contributed by atoms with Crippen molar-refractivity contribution in [1.29, 1.82) is 0 Å². The summed E-state index contributed by atoms with van der Waals surface area (Å²) in [6, 6.07) is 13.4. The van der Waals surface area contributed by atoms with Gasteiger partial charge >= 0.3 is 0 Å². The molecule has 2 aromatic heterocycles. The van der Waals surface area contributed by atoms with Crippen molar-refractivity contribution in [3.05, 3.63) is 60.3 Å². The summed E-state index contributed by atoms with van der Waals surface area (Å²) in [6.07, 6.45) is 1.67. The number of rotatable bonds is 5. The van der Waals surface area contributed by atoms with Gasteiger partial charge in [-0.1, -0.05) is 18.2 Å². The summed E-state index contributed by atoms with van der Waals surface area (Å²) in [4.78, 5) is 8.70. The average Bonchev–Trinajstić information content (AvgIpc) is 3.08. The molecule has 7 nitrogen and oxygen atoms in total. The van der Waals surface area contributed by atoms with Crippen molar-refractivity contribution in [3.63, 3.8) is 0 Å². The van der Waals surface area contributed by atoms with Crippen LogP contribution < -0.4 is 14.2 Å². The van der Waals surface area contributed by atoms with Crippen LogP contribution >= 0.6 is 0 Å². The maximum Gasteiger partial charge on any atom is 0.257 e. The van der Waals surface area contributed by atoms with E-state index in [1.165, 1.54) is 0 Å². The maximum absolute atomic E-state index is 5.64. The summed E-state index contributed by atoms with van der Waals surface area (Å²) in [6.45, 7) is 1.91. The van der Waals surface area contributed by atoms with Crippen molar-refractivity contribution in [2.45, 2.75) is 13.2 Å². The van der Waals surface area contributed by atoms with Gasteiger partial charge in [0.1, 0.15) is 31.9 Å². The number of hydrogen-bond donors (Lipinski definition) is 0. The summed E-state index contributed by atoms with van der Waals surface area (Å²) in [5.41, 5.74) is 0.833. The van der Waals surface area contributed by atoms with Gasteiger partial charge in [-0.2, -0.15) is 5.10 Å². The van der Waals surface area contributed by atoms with E-state index in [2.05, 4.69) is 15.1 Å². The van der Waals surface area contributed by atoms with Gasteiger partial charge in [0.2, 0.25) is 0 Å². The molecule has 0 fully saturated rings. The molecule has 0 radical (unpaired) electrons. The third-order valence-electron chi connectivity index (χ3n) is 3.48. The van der Waals surface area contributed by atoms with E-state index in [1.54, 1.807) is 11.0 Å². The van der Waals surface area contributed by atoms with E-state index in [4.69, 9.17) is 14.2 Å². The number of nitrogens with zero attached hydrogens (tertiary/aromatic N) is 4. The Bertz CT molecular complexity index is 820. The van der Waals surface area contributed by atoms with Crippen molar-refractivity contribution in [2.75, 3.05) is 13.2 Å². The monoisotopic (exact) mass is 324 g/mol. The number of para-hydroxylation sites is 1. The molecule has 0 spiro atoms. The topological polar surface area (TPSA) is 71.3 Å². The lowest BCUT2D eigenvalue weighted by atomic mass is 10.3. The molecule has 4 rings (SSSR count). The Morgan fingerprint density at radius 2 is 1.92 bits per heavy atom. The van der Waals surface area contributed by atoms with Crippen LogP contribution in [0.25, 0.3) is 0 Å². The summed E-state index contributed by atoms with van der Waals surface area (Å²) < 4.78 is 18.3. The third kappa shape index (κ3) is 3.29. The van der Waals surface area contributed by atoms with Crippen molar-refractivity contribution < 1.29 is 14.2 Å². The molecule has 0 unspecified atom stereocenters. The third-order valence-corrected chi connectivity index (χ3v) is 3.48. The molecule has 0 atom stereocenters. The van der Waals surface area contributed by atoms with E-state index in [1.807, 2.05) is 42.5 Å². The van der Waals surface area contributed by atoms with Crippen LogP contribution in [0.4, 0.5) is 0 Å². The Labute approximate surface area is 138 Å². The minimum absolute atomic E-state index is 0.325. The lowest BCUT2D eigenvalue weighted by molar-refractivity contribution is 0.164. The summed E-state index contributed by atoms with van der Waals surface area (Å²) in [7, 11) is 0. The van der Waals surface area contributed by atoms with Crippen LogP contribution in [0.1, 0.15) is 11.5 Å². The zero-order valence-electron chi connectivity index (χ0n) is 13.0. The number of hydrogen-bond acceptors (Lipinski definition) is 6. The molecule has 1 aliphatic heterocycles. The van der Waals surface area contributed by atoms with Gasteiger partial charge in [0.15, 0.2) is 11.6 Å². The Morgan fingerprint density at radius 1 is 1.04 bits per heavy atom. The molecule has 24 heavy (non-hydrogen) atoms. The highest BCUT2D eigenvalue weighted by atomic mass is 16.6. The zero-order chi connectivity index (χ0) is 16.2. The fourth-order valence-electron chi connectivity index (χ4n) is 2.36. The zero-order valence-corrected chi connectivity index (χ0v) is 13.0. The van der Waals surface area contributed by atoms with Crippen molar-refractivity contribution in [1.82, 2.24) is 19.7 Å². The first-order valence-corrected chi connectivity index (χ1v) is 7.68. The van der Waals surface area contributed by atoms with Gasteiger partial charge in [0.25, 0.3) is 5.88 Å². The second kappa shape index (κ2) is 6.57. The standard InChI is InChI=1S/C17H16N4O3/c1-2-4-14(5-3-1)24-11-16-18-12-21(20-16)10-13-6-7-15-17(19-13)23-9-8-22-15/h1-7,12H,8-11H2. The van der Waals surface area contributed by atoms with Crippen LogP contribution in [0.5, 0.6) is 17.4 Å². The Kier molecular flexibility index (Phi) is 3.97. The number of aromatic nitrogens is 4. The van der Waals surface area contributed by atoms with Gasteiger partial charge in [0.05, 0.1) is 12.2 Å². The molecule has 0 N–H and O–H groups in total. The molecule has 122 valence electrons. The molecule has 0 saturated carbocycles. The quantitative estimate of drug-likeness (QED) is 0.715. The molecule has 0 bridgehead atoms. The van der Waals surface area contributed by atoms with Crippen LogP contribution in [-0.4, -0.2) is 33.0 Å². The number of pyridine rings is 1. The van der Waals surface area contributed by atoms with Crippen LogP contribution in [0.15, 0.2) is 48.8 Å². The summed E-state index contributed by atoms with van der Waals surface area (Å²) in [5, 5.41) is 4.40. The smallest absolute Gasteiger partial charge is 0.257 e. The summed E-state index contributed by atoms with van der Waals surface area (Å²) in [5.74, 6) is 2.63. The first-order valence-electron chi connectivity index (χ1n) is 7.68. The average molecular weight is 324 g/mol. The molecule has 3 heterocycles. The fraction of sp³-hybridized carbons (Fsp3) is 0.235. The molecule has 0 aliphatic carbocycles. The second-order valence-corrected chi connectivity index (χ2v) is 5.26. The van der Waals surface area contributed by atoms with E-state index in [9.17, 15) is 0 Å². The molecule has 0 saturated heterocycles. The molecular weight excluding hydrogens is 308 g/mol. The van der Waals surface area contributed by atoms with Gasteiger partial charge in [-0.15, -0.1) is 0 Å². The molecular formula is C17H16N4O3. The van der Waals surface area contributed by atoms with Crippen LogP contribution in [0.2, 0.25) is 0 Å². The van der Waals surface area contributed by atoms with Crippen LogP contribution in [0, 0.1) is 0 Å². The van der Waals surface area contributed by atoms with Crippen molar-refractivity contribution in [3.8, 4) is 17.4 Å². The molecule has 1 aliphatic rings. The molecule has 0 amide bonds. The van der Waals surface area contributed by atoms with Gasteiger partial charge in [0, 0.05) is 0 Å². The lowest BCUT2D eigenvalue weighted by Crippen LogP contribution is -2.17. The van der Waals surface area contributed by atoms with Gasteiger partial charge in [-0.3, -0.25) is 0 Å². The summed E-state index contributed by atoms with van der Waals surface area (Å²) >= 11 is 0. The highest BCUT2D eigenvalue weighted by Gasteiger charge is 2.14. The van der Waals surface area contributed by atoms with E-state index in [0.29, 0.717) is 43.8 Å². The Balaban J connectivity index is 1.40. The predicted molar refractivity (Wildman–Crippen MR) is 85.1 cm³/mol. The first kappa shape index (κ1) is 14.5. The van der Waals surface area contributed by atoms with E-state index >= 15 is 0 Å². The van der Waals surface area contributed by atoms with Crippen LogP contribution in [0.3, 0.4) is 0 Å². The van der Waals surface area contributed by atoms with Crippen molar-refractivity contribution >= 4 is 0 Å². The highest BCUT2D eigenvalue weighted by Crippen LogP contribution is 2.27. The lowest BCUT2D eigenvalue weighted by Gasteiger charge is -2.17. The molecule has 7 heteroatoms. The highest BCUT2D eigenvalue weighted by molar-refractivity contribution is 5.35. The first-order chi connectivity index (χ1) is 11.9. The second-order valence-electron chi connectivity index (χ2n) is 5.26. The van der Waals surface area contributed by atoms with E-state index in [-0.39, 0.29) is 0 Å². The number of benzene rings is 1. The normalized spacial score (nSPS) is 12.8. The van der Waals surface area contributed by atoms with Gasteiger partial charge in [-0.25, -0.2) is 14.6 Å².